The van der Waals surface area contributed by atoms with Crippen molar-refractivity contribution < 1.29 is 9.84 Å². The van der Waals surface area contributed by atoms with Crippen molar-refractivity contribution in [1.82, 2.24) is 5.32 Å². The van der Waals surface area contributed by atoms with Gasteiger partial charge in [0.25, 0.3) is 0 Å². The Morgan fingerprint density at radius 1 is 0.926 bits per heavy atom. The van der Waals surface area contributed by atoms with Crippen molar-refractivity contribution in [3.63, 3.8) is 0 Å². The summed E-state index contributed by atoms with van der Waals surface area (Å²) < 4.78 is 5.89. The lowest BCUT2D eigenvalue weighted by atomic mass is 9.95. The third-order valence-electron chi connectivity index (χ3n) is 4.88. The first-order chi connectivity index (χ1) is 13.0. The van der Waals surface area contributed by atoms with Gasteiger partial charge >= 0.3 is 0 Å². The molecule has 0 heterocycles. The van der Waals surface area contributed by atoms with E-state index < -0.39 is 6.10 Å². The molecule has 3 aromatic rings. The van der Waals surface area contributed by atoms with E-state index in [-0.39, 0.29) is 12.1 Å². The minimum atomic E-state index is -0.556. The number of ether oxygens (including phenoxy) is 1. The Morgan fingerprint density at radius 2 is 1.63 bits per heavy atom. The van der Waals surface area contributed by atoms with Gasteiger partial charge in [0.05, 0.1) is 0 Å². The van der Waals surface area contributed by atoms with Gasteiger partial charge in [-0.05, 0) is 43.7 Å². The van der Waals surface area contributed by atoms with E-state index in [9.17, 15) is 5.11 Å². The first kappa shape index (κ1) is 19.4. The van der Waals surface area contributed by atoms with Crippen LogP contribution >= 0.6 is 0 Å². The second-order valence-corrected chi connectivity index (χ2v) is 7.69. The average molecular weight is 364 g/mol. The largest absolute Gasteiger partial charge is 0.490 e. The molecule has 142 valence electrons. The highest BCUT2D eigenvalue weighted by atomic mass is 16.5. The summed E-state index contributed by atoms with van der Waals surface area (Å²) in [4.78, 5) is 0. The topological polar surface area (TPSA) is 41.5 Å². The fourth-order valence-electron chi connectivity index (χ4n) is 3.15. The maximum atomic E-state index is 10.3. The minimum Gasteiger partial charge on any atom is -0.490 e. The summed E-state index contributed by atoms with van der Waals surface area (Å²) >= 11 is 0. The van der Waals surface area contributed by atoms with Crippen LogP contribution in [-0.2, 0) is 6.42 Å². The Balaban J connectivity index is 1.46. The molecule has 0 fully saturated rings. The monoisotopic (exact) mass is 363 g/mol. The van der Waals surface area contributed by atoms with Crippen LogP contribution in [0.3, 0.4) is 0 Å². The summed E-state index contributed by atoms with van der Waals surface area (Å²) in [7, 11) is 0. The number of hydrogen-bond donors (Lipinski definition) is 2. The third kappa shape index (κ3) is 5.81. The second kappa shape index (κ2) is 9.03. The van der Waals surface area contributed by atoms with Gasteiger partial charge < -0.3 is 15.2 Å². The number of aryl methyl sites for hydroxylation is 1. The highest BCUT2D eigenvalue weighted by molar-refractivity contribution is 5.88. The standard InChI is InChI=1S/C24H29NO2/c1-24(2,16-15-19-9-4-3-5-10-19)25-17-21(26)18-27-23-14-8-12-20-11-6-7-13-22(20)23/h3-14,21,25-26H,15-18H2,1-2H3. The van der Waals surface area contributed by atoms with Crippen LogP contribution in [0.2, 0.25) is 0 Å². The lowest BCUT2D eigenvalue weighted by Crippen LogP contribution is -2.45. The number of nitrogens with one attached hydrogen (secondary N) is 1. The Bertz CT molecular complexity index is 840. The summed E-state index contributed by atoms with van der Waals surface area (Å²) in [6.07, 6.45) is 1.47. The Hall–Kier alpha value is -2.36. The lowest BCUT2D eigenvalue weighted by Gasteiger charge is -2.28. The quantitative estimate of drug-likeness (QED) is 0.585. The average Bonchev–Trinajstić information content (AvgIpc) is 2.70. The van der Waals surface area contributed by atoms with E-state index in [4.69, 9.17) is 4.74 Å². The summed E-state index contributed by atoms with van der Waals surface area (Å²) in [5, 5.41) is 16.0. The number of hydrogen-bond acceptors (Lipinski definition) is 3. The number of aliphatic hydroxyl groups excluding tert-OH is 1. The van der Waals surface area contributed by atoms with E-state index in [1.165, 1.54) is 5.56 Å². The van der Waals surface area contributed by atoms with Crippen molar-refractivity contribution in [1.29, 1.82) is 0 Å². The zero-order valence-electron chi connectivity index (χ0n) is 16.2. The highest BCUT2D eigenvalue weighted by Crippen LogP contribution is 2.25. The molecule has 0 saturated carbocycles. The molecular formula is C24H29NO2. The molecule has 3 rings (SSSR count). The molecule has 27 heavy (non-hydrogen) atoms. The number of fused-ring (bicyclic) bond motifs is 1. The van der Waals surface area contributed by atoms with Crippen LogP contribution in [0.1, 0.15) is 25.8 Å². The molecule has 0 aliphatic heterocycles. The zero-order valence-corrected chi connectivity index (χ0v) is 16.2. The van der Waals surface area contributed by atoms with Crippen molar-refractivity contribution >= 4 is 10.8 Å². The Kier molecular flexibility index (Phi) is 6.49. The van der Waals surface area contributed by atoms with Crippen LogP contribution in [0, 0.1) is 0 Å². The minimum absolute atomic E-state index is 0.0454. The third-order valence-corrected chi connectivity index (χ3v) is 4.88. The zero-order chi connectivity index (χ0) is 19.1. The molecular weight excluding hydrogens is 334 g/mol. The number of aliphatic hydroxyl groups is 1. The summed E-state index contributed by atoms with van der Waals surface area (Å²) in [6, 6.07) is 24.6. The van der Waals surface area contributed by atoms with Crippen LogP contribution in [-0.4, -0.2) is 29.9 Å². The van der Waals surface area contributed by atoms with Crippen LogP contribution in [0.25, 0.3) is 10.8 Å². The molecule has 2 N–H and O–H groups in total. The van der Waals surface area contributed by atoms with Crippen molar-refractivity contribution in [2.75, 3.05) is 13.2 Å². The molecule has 0 aliphatic rings. The second-order valence-electron chi connectivity index (χ2n) is 7.69. The van der Waals surface area contributed by atoms with Crippen LogP contribution in [0.5, 0.6) is 5.75 Å². The van der Waals surface area contributed by atoms with Gasteiger partial charge in [0.2, 0.25) is 0 Å². The maximum absolute atomic E-state index is 10.3. The lowest BCUT2D eigenvalue weighted by molar-refractivity contribution is 0.0989. The smallest absolute Gasteiger partial charge is 0.127 e. The van der Waals surface area contributed by atoms with Gasteiger partial charge in [-0.3, -0.25) is 0 Å². The molecule has 0 radical (unpaired) electrons. The number of rotatable bonds is 9. The van der Waals surface area contributed by atoms with Gasteiger partial charge in [0, 0.05) is 17.5 Å². The SMILES string of the molecule is CC(C)(CCc1ccccc1)NCC(O)COc1cccc2ccccc12. The summed E-state index contributed by atoms with van der Waals surface area (Å²) in [5.41, 5.74) is 1.29. The Morgan fingerprint density at radius 3 is 2.44 bits per heavy atom. The van der Waals surface area contributed by atoms with Crippen molar-refractivity contribution in [2.45, 2.75) is 38.3 Å². The predicted molar refractivity (Wildman–Crippen MR) is 112 cm³/mol. The van der Waals surface area contributed by atoms with E-state index in [2.05, 4.69) is 55.6 Å². The number of β-amino-alcohol motifs (C(OH)–C–C–N with tert-alkyl or cyclic N) is 1. The Labute approximate surface area is 162 Å². The molecule has 0 saturated heterocycles. The highest BCUT2D eigenvalue weighted by Gasteiger charge is 2.18. The summed E-state index contributed by atoms with van der Waals surface area (Å²) in [6.45, 7) is 5.13. The molecule has 0 spiro atoms. The van der Waals surface area contributed by atoms with E-state index in [0.29, 0.717) is 6.54 Å². The fourth-order valence-corrected chi connectivity index (χ4v) is 3.15. The molecule has 3 heteroatoms. The molecule has 0 aromatic heterocycles. The predicted octanol–water partition coefficient (Wildman–Crippen LogP) is 4.58. The molecule has 3 aromatic carbocycles. The number of benzene rings is 3. The molecule has 0 bridgehead atoms. The van der Waals surface area contributed by atoms with E-state index >= 15 is 0 Å². The molecule has 0 amide bonds. The van der Waals surface area contributed by atoms with Crippen LogP contribution in [0.15, 0.2) is 72.8 Å². The van der Waals surface area contributed by atoms with Gasteiger partial charge in [-0.1, -0.05) is 66.7 Å². The maximum Gasteiger partial charge on any atom is 0.127 e. The first-order valence-electron chi connectivity index (χ1n) is 9.61. The van der Waals surface area contributed by atoms with Gasteiger partial charge in [-0.15, -0.1) is 0 Å². The van der Waals surface area contributed by atoms with Gasteiger partial charge in [-0.25, -0.2) is 0 Å². The van der Waals surface area contributed by atoms with E-state index in [1.807, 2.05) is 36.4 Å². The van der Waals surface area contributed by atoms with Crippen LogP contribution in [0.4, 0.5) is 0 Å². The molecule has 1 unspecified atom stereocenters. The van der Waals surface area contributed by atoms with Crippen molar-refractivity contribution in [2.24, 2.45) is 0 Å². The summed E-state index contributed by atoms with van der Waals surface area (Å²) in [5.74, 6) is 0.815. The van der Waals surface area contributed by atoms with Gasteiger partial charge in [0.15, 0.2) is 0 Å². The fraction of sp³-hybridized carbons (Fsp3) is 0.333. The van der Waals surface area contributed by atoms with E-state index in [0.717, 1.165) is 29.4 Å². The van der Waals surface area contributed by atoms with E-state index in [1.54, 1.807) is 0 Å². The first-order valence-corrected chi connectivity index (χ1v) is 9.61. The van der Waals surface area contributed by atoms with Crippen LogP contribution < -0.4 is 10.1 Å². The molecule has 0 aliphatic carbocycles. The van der Waals surface area contributed by atoms with Gasteiger partial charge in [0.1, 0.15) is 18.5 Å². The van der Waals surface area contributed by atoms with Gasteiger partial charge in [-0.2, -0.15) is 0 Å². The normalized spacial score (nSPS) is 12.9. The van der Waals surface area contributed by atoms with Crippen molar-refractivity contribution in [3.8, 4) is 5.75 Å². The molecule has 1 atom stereocenters. The van der Waals surface area contributed by atoms with Crippen molar-refractivity contribution in [3.05, 3.63) is 78.4 Å². The molecule has 3 nitrogen and oxygen atoms in total.